The van der Waals surface area contributed by atoms with E-state index >= 15 is 0 Å². The van der Waals surface area contributed by atoms with Gasteiger partial charge in [-0.25, -0.2) is 0 Å². The first-order chi connectivity index (χ1) is 6.84. The number of amides is 2. The third-order valence-corrected chi connectivity index (χ3v) is 2.50. The van der Waals surface area contributed by atoms with Gasteiger partial charge in [-0.05, 0) is 19.3 Å². The minimum absolute atomic E-state index is 0.272. The molecule has 0 aromatic carbocycles. The van der Waals surface area contributed by atoms with Crippen molar-refractivity contribution in [2.45, 2.75) is 32.1 Å². The molecule has 0 aromatic rings. The van der Waals surface area contributed by atoms with Crippen LogP contribution in [-0.2, 0) is 9.59 Å². The highest BCUT2D eigenvalue weighted by molar-refractivity contribution is 5.76. The maximum Gasteiger partial charge on any atom is 0.222 e. The van der Waals surface area contributed by atoms with Gasteiger partial charge in [-0.2, -0.15) is 0 Å². The van der Waals surface area contributed by atoms with Crippen molar-refractivity contribution < 1.29 is 9.59 Å². The minimum Gasteiger partial charge on any atom is -0.359 e. The van der Waals surface area contributed by atoms with Crippen LogP contribution in [0, 0.1) is 0 Å². The molecule has 1 N–H and O–H groups in total. The molecule has 4 heteroatoms. The van der Waals surface area contributed by atoms with Crippen LogP contribution in [0.2, 0.25) is 0 Å². The molecule has 0 radical (unpaired) electrons. The van der Waals surface area contributed by atoms with E-state index in [0.29, 0.717) is 19.4 Å². The lowest BCUT2D eigenvalue weighted by Gasteiger charge is -2.19. The number of nitrogens with one attached hydrogen (secondary N) is 1. The summed E-state index contributed by atoms with van der Waals surface area (Å²) in [7, 11) is 0. The van der Waals surface area contributed by atoms with E-state index in [1.165, 1.54) is 0 Å². The summed E-state index contributed by atoms with van der Waals surface area (Å²) in [5.41, 5.74) is 0. The van der Waals surface area contributed by atoms with E-state index in [1.54, 1.807) is 0 Å². The second kappa shape index (κ2) is 6.40. The van der Waals surface area contributed by atoms with Crippen molar-refractivity contribution in [3.05, 3.63) is 0 Å². The molecule has 14 heavy (non-hydrogen) atoms. The zero-order valence-corrected chi connectivity index (χ0v) is 8.50. The first-order valence-electron chi connectivity index (χ1n) is 5.29. The van der Waals surface area contributed by atoms with Gasteiger partial charge >= 0.3 is 0 Å². The molecule has 1 rings (SSSR count). The lowest BCUT2D eigenvalue weighted by atomic mass is 10.2. The zero-order valence-electron chi connectivity index (χ0n) is 8.50. The van der Waals surface area contributed by atoms with Crippen LogP contribution in [0.4, 0.5) is 0 Å². The zero-order chi connectivity index (χ0) is 10.2. The Hall–Kier alpha value is -1.06. The predicted octanol–water partition coefficient (Wildman–Crippen LogP) is 0.525. The van der Waals surface area contributed by atoms with E-state index in [2.05, 4.69) is 5.32 Å². The van der Waals surface area contributed by atoms with Crippen LogP contribution < -0.4 is 5.32 Å². The predicted molar refractivity (Wildman–Crippen MR) is 53.7 cm³/mol. The van der Waals surface area contributed by atoms with Crippen molar-refractivity contribution in [2.75, 3.05) is 19.6 Å². The van der Waals surface area contributed by atoms with Crippen LogP contribution in [0.15, 0.2) is 0 Å². The summed E-state index contributed by atoms with van der Waals surface area (Å²) in [6.07, 6.45) is 5.55. The highest BCUT2D eigenvalue weighted by Gasteiger charge is 2.15. The Bertz CT molecular complexity index is 195. The Morgan fingerprint density at radius 2 is 2.21 bits per heavy atom. The number of rotatable bonds is 5. The molecule has 4 nitrogen and oxygen atoms in total. The lowest BCUT2D eigenvalue weighted by Crippen LogP contribution is -2.32. The highest BCUT2D eigenvalue weighted by atomic mass is 16.2. The average molecular weight is 198 g/mol. The normalized spacial score (nSPS) is 17.7. The summed E-state index contributed by atoms with van der Waals surface area (Å²) in [5.74, 6) is 0.272. The number of carbonyl (C=O) groups excluding carboxylic acids is 2. The second-order valence-corrected chi connectivity index (χ2v) is 3.62. The van der Waals surface area contributed by atoms with Gasteiger partial charge in [-0.3, -0.25) is 9.59 Å². The second-order valence-electron chi connectivity index (χ2n) is 3.62. The third kappa shape index (κ3) is 3.77. The number of hydrogen-bond acceptors (Lipinski definition) is 2. The summed E-state index contributed by atoms with van der Waals surface area (Å²) in [4.78, 5) is 23.4. The Labute approximate surface area is 84.7 Å². The first kappa shape index (κ1) is 11.0. The van der Waals surface area contributed by atoms with E-state index in [9.17, 15) is 9.59 Å². The van der Waals surface area contributed by atoms with Crippen molar-refractivity contribution >= 4 is 12.3 Å². The third-order valence-electron chi connectivity index (χ3n) is 2.50. The van der Waals surface area contributed by atoms with E-state index in [0.717, 1.165) is 38.8 Å². The Morgan fingerprint density at radius 3 is 3.00 bits per heavy atom. The fourth-order valence-electron chi connectivity index (χ4n) is 1.71. The molecule has 0 atom stereocenters. The molecule has 0 aliphatic carbocycles. The lowest BCUT2D eigenvalue weighted by molar-refractivity contribution is -0.130. The quantitative estimate of drug-likeness (QED) is 0.517. The van der Waals surface area contributed by atoms with Crippen molar-refractivity contribution in [2.24, 2.45) is 0 Å². The Kier molecular flexibility index (Phi) is 5.04. The molecular weight excluding hydrogens is 180 g/mol. The van der Waals surface area contributed by atoms with E-state index in [-0.39, 0.29) is 5.91 Å². The molecule has 1 heterocycles. The van der Waals surface area contributed by atoms with Crippen LogP contribution in [0.5, 0.6) is 0 Å². The van der Waals surface area contributed by atoms with Crippen molar-refractivity contribution in [1.82, 2.24) is 10.2 Å². The number of carbonyl (C=O) groups is 2. The number of likely N-dealkylation sites (tertiary alicyclic amines) is 1. The molecule has 1 aliphatic heterocycles. The van der Waals surface area contributed by atoms with Gasteiger partial charge in [0.25, 0.3) is 0 Å². The molecule has 1 fully saturated rings. The van der Waals surface area contributed by atoms with Crippen molar-refractivity contribution in [3.63, 3.8) is 0 Å². The largest absolute Gasteiger partial charge is 0.359 e. The molecule has 0 bridgehead atoms. The van der Waals surface area contributed by atoms with Crippen LogP contribution in [0.3, 0.4) is 0 Å². The summed E-state index contributed by atoms with van der Waals surface area (Å²) in [6.45, 7) is 2.33. The van der Waals surface area contributed by atoms with Gasteiger partial charge in [-0.1, -0.05) is 6.42 Å². The molecule has 0 saturated carbocycles. The molecular formula is C10H18N2O2. The van der Waals surface area contributed by atoms with Gasteiger partial charge in [0.05, 0.1) is 0 Å². The topological polar surface area (TPSA) is 49.4 Å². The summed E-state index contributed by atoms with van der Waals surface area (Å²) in [6, 6.07) is 0. The fourth-order valence-corrected chi connectivity index (χ4v) is 1.71. The summed E-state index contributed by atoms with van der Waals surface area (Å²) in [5, 5.41) is 2.60. The molecule has 0 spiro atoms. The van der Waals surface area contributed by atoms with Crippen molar-refractivity contribution in [1.29, 1.82) is 0 Å². The monoisotopic (exact) mass is 198 g/mol. The number of nitrogens with zero attached hydrogens (tertiary/aromatic N) is 1. The maximum absolute atomic E-state index is 11.5. The van der Waals surface area contributed by atoms with Crippen LogP contribution in [-0.4, -0.2) is 36.9 Å². The van der Waals surface area contributed by atoms with Gasteiger partial charge in [0.15, 0.2) is 0 Å². The standard InChI is InChI=1S/C10H18N2O2/c13-9-11-6-4-8-12-7-3-1-2-5-10(12)14/h9H,1-8H2,(H,11,13). The molecule has 0 unspecified atom stereocenters. The van der Waals surface area contributed by atoms with Gasteiger partial charge in [0, 0.05) is 26.1 Å². The van der Waals surface area contributed by atoms with Crippen molar-refractivity contribution in [3.8, 4) is 0 Å². The Morgan fingerprint density at radius 1 is 1.36 bits per heavy atom. The maximum atomic E-state index is 11.5. The van der Waals surface area contributed by atoms with E-state index < -0.39 is 0 Å². The average Bonchev–Trinajstić information content (AvgIpc) is 2.39. The molecule has 1 saturated heterocycles. The summed E-state index contributed by atoms with van der Waals surface area (Å²) >= 11 is 0. The van der Waals surface area contributed by atoms with Gasteiger partial charge in [0.1, 0.15) is 0 Å². The van der Waals surface area contributed by atoms with Gasteiger partial charge in [-0.15, -0.1) is 0 Å². The summed E-state index contributed by atoms with van der Waals surface area (Å²) < 4.78 is 0. The molecule has 80 valence electrons. The number of hydrogen-bond donors (Lipinski definition) is 1. The SMILES string of the molecule is O=CNCCCN1CCCCCC1=O. The van der Waals surface area contributed by atoms with E-state index in [1.807, 2.05) is 4.90 Å². The highest BCUT2D eigenvalue weighted by Crippen LogP contribution is 2.10. The minimum atomic E-state index is 0.272. The fraction of sp³-hybridized carbons (Fsp3) is 0.800. The molecule has 2 amide bonds. The van der Waals surface area contributed by atoms with Crippen LogP contribution in [0.1, 0.15) is 32.1 Å². The van der Waals surface area contributed by atoms with Crippen LogP contribution >= 0.6 is 0 Å². The Balaban J connectivity index is 2.19. The van der Waals surface area contributed by atoms with E-state index in [4.69, 9.17) is 0 Å². The smallest absolute Gasteiger partial charge is 0.222 e. The van der Waals surface area contributed by atoms with Gasteiger partial charge in [0.2, 0.25) is 12.3 Å². The van der Waals surface area contributed by atoms with Crippen LogP contribution in [0.25, 0.3) is 0 Å². The first-order valence-corrected chi connectivity index (χ1v) is 5.29. The molecule has 0 aromatic heterocycles. The van der Waals surface area contributed by atoms with Gasteiger partial charge < -0.3 is 10.2 Å². The molecule has 1 aliphatic rings.